The maximum absolute atomic E-state index is 11.7. The Hall–Kier alpha value is -1.62. The third kappa shape index (κ3) is 3.21. The molecule has 0 spiro atoms. The summed E-state index contributed by atoms with van der Waals surface area (Å²) in [5.41, 5.74) is 0.369. The summed E-state index contributed by atoms with van der Waals surface area (Å²) < 4.78 is 4.86. The monoisotopic (exact) mass is 210 g/mol. The van der Waals surface area contributed by atoms with Crippen LogP contribution in [0.2, 0.25) is 0 Å². The summed E-state index contributed by atoms with van der Waals surface area (Å²) in [6.45, 7) is 0.986. The molecule has 0 aromatic carbocycles. The highest BCUT2D eigenvalue weighted by atomic mass is 16.5. The molecule has 1 N–H and O–H groups in total. The van der Waals surface area contributed by atoms with Gasteiger partial charge in [0, 0.05) is 26.9 Å². The van der Waals surface area contributed by atoms with Crippen molar-refractivity contribution < 1.29 is 14.6 Å². The zero-order valence-corrected chi connectivity index (χ0v) is 8.80. The van der Waals surface area contributed by atoms with E-state index in [-0.39, 0.29) is 11.7 Å². The topological polar surface area (TPSA) is 62.7 Å². The Bertz CT molecular complexity index is 341. The van der Waals surface area contributed by atoms with Crippen molar-refractivity contribution in [1.29, 1.82) is 0 Å². The van der Waals surface area contributed by atoms with Gasteiger partial charge in [-0.25, -0.2) is 0 Å². The molecule has 5 heteroatoms. The van der Waals surface area contributed by atoms with Crippen LogP contribution in [0.15, 0.2) is 18.5 Å². The Morgan fingerprint density at radius 3 is 2.93 bits per heavy atom. The van der Waals surface area contributed by atoms with Crippen LogP contribution in [-0.4, -0.2) is 48.2 Å². The number of aromatic hydroxyl groups is 1. The lowest BCUT2D eigenvalue weighted by Gasteiger charge is -2.16. The summed E-state index contributed by atoms with van der Waals surface area (Å²) in [5, 5.41) is 9.16. The molecule has 1 amide bonds. The fraction of sp³-hybridized carbons (Fsp3) is 0.400. The van der Waals surface area contributed by atoms with E-state index in [1.54, 1.807) is 14.2 Å². The molecule has 0 aliphatic heterocycles. The van der Waals surface area contributed by atoms with E-state index in [0.29, 0.717) is 18.7 Å². The molecule has 0 bridgehead atoms. The largest absolute Gasteiger partial charge is 0.506 e. The molecule has 0 atom stereocenters. The van der Waals surface area contributed by atoms with Crippen molar-refractivity contribution in [2.45, 2.75) is 0 Å². The number of hydrogen-bond acceptors (Lipinski definition) is 4. The summed E-state index contributed by atoms with van der Waals surface area (Å²) in [4.78, 5) is 17.0. The molecule has 0 saturated carbocycles. The molecule has 1 heterocycles. The van der Waals surface area contributed by atoms with Crippen LogP contribution in [-0.2, 0) is 4.74 Å². The fourth-order valence-corrected chi connectivity index (χ4v) is 1.09. The first-order chi connectivity index (χ1) is 7.15. The summed E-state index contributed by atoms with van der Waals surface area (Å²) >= 11 is 0. The van der Waals surface area contributed by atoms with Crippen molar-refractivity contribution >= 4 is 5.91 Å². The van der Waals surface area contributed by atoms with Gasteiger partial charge < -0.3 is 14.7 Å². The van der Waals surface area contributed by atoms with E-state index in [2.05, 4.69) is 4.98 Å². The zero-order valence-electron chi connectivity index (χ0n) is 8.80. The van der Waals surface area contributed by atoms with Crippen LogP contribution in [0, 0.1) is 0 Å². The molecule has 1 aromatic heterocycles. The maximum Gasteiger partial charge on any atom is 0.255 e. The lowest BCUT2D eigenvalue weighted by molar-refractivity contribution is 0.0743. The van der Waals surface area contributed by atoms with Gasteiger partial charge in [0.2, 0.25) is 0 Å². The van der Waals surface area contributed by atoms with Gasteiger partial charge >= 0.3 is 0 Å². The molecule has 0 unspecified atom stereocenters. The Labute approximate surface area is 88.3 Å². The van der Waals surface area contributed by atoms with Gasteiger partial charge in [-0.3, -0.25) is 9.78 Å². The number of aromatic nitrogens is 1. The van der Waals surface area contributed by atoms with Crippen molar-refractivity contribution in [1.82, 2.24) is 9.88 Å². The molecule has 0 radical (unpaired) electrons. The van der Waals surface area contributed by atoms with Crippen LogP contribution >= 0.6 is 0 Å². The SMILES string of the molecule is COCCN(C)C(=O)c1cncc(O)c1. The van der Waals surface area contributed by atoms with Crippen LogP contribution in [0.3, 0.4) is 0 Å². The summed E-state index contributed by atoms with van der Waals surface area (Å²) in [6, 6.07) is 1.39. The Kier molecular flexibility index (Phi) is 4.05. The van der Waals surface area contributed by atoms with Gasteiger partial charge in [-0.2, -0.15) is 0 Å². The first-order valence-electron chi connectivity index (χ1n) is 4.53. The average Bonchev–Trinajstić information content (AvgIpc) is 2.24. The van der Waals surface area contributed by atoms with Gasteiger partial charge in [-0.1, -0.05) is 0 Å². The minimum atomic E-state index is -0.185. The third-order valence-corrected chi connectivity index (χ3v) is 1.95. The number of nitrogens with zero attached hydrogens (tertiary/aromatic N) is 2. The number of amides is 1. The van der Waals surface area contributed by atoms with Crippen molar-refractivity contribution in [3.63, 3.8) is 0 Å². The van der Waals surface area contributed by atoms with Crippen molar-refractivity contribution in [3.8, 4) is 5.75 Å². The highest BCUT2D eigenvalue weighted by Crippen LogP contribution is 2.10. The smallest absolute Gasteiger partial charge is 0.255 e. The van der Waals surface area contributed by atoms with E-state index in [1.807, 2.05) is 0 Å². The molecule has 15 heavy (non-hydrogen) atoms. The van der Waals surface area contributed by atoms with Gasteiger partial charge in [-0.15, -0.1) is 0 Å². The lowest BCUT2D eigenvalue weighted by atomic mass is 10.2. The molecule has 0 saturated heterocycles. The Morgan fingerprint density at radius 1 is 1.60 bits per heavy atom. The lowest BCUT2D eigenvalue weighted by Crippen LogP contribution is -2.29. The van der Waals surface area contributed by atoms with E-state index < -0.39 is 0 Å². The predicted octanol–water partition coefficient (Wildman–Crippen LogP) is 0.506. The Balaban J connectivity index is 2.67. The van der Waals surface area contributed by atoms with E-state index in [4.69, 9.17) is 9.84 Å². The maximum atomic E-state index is 11.7. The molecule has 82 valence electrons. The van der Waals surface area contributed by atoms with Gasteiger partial charge in [0.05, 0.1) is 18.4 Å². The number of carbonyl (C=O) groups is 1. The van der Waals surface area contributed by atoms with Gasteiger partial charge in [-0.05, 0) is 6.07 Å². The first kappa shape index (κ1) is 11.5. The molecule has 1 rings (SSSR count). The van der Waals surface area contributed by atoms with Crippen molar-refractivity contribution in [3.05, 3.63) is 24.0 Å². The van der Waals surface area contributed by atoms with Crippen LogP contribution < -0.4 is 0 Å². The number of hydrogen-bond donors (Lipinski definition) is 1. The predicted molar refractivity (Wildman–Crippen MR) is 54.7 cm³/mol. The van der Waals surface area contributed by atoms with E-state index >= 15 is 0 Å². The van der Waals surface area contributed by atoms with Gasteiger partial charge in [0.1, 0.15) is 5.75 Å². The number of carbonyl (C=O) groups excluding carboxylic acids is 1. The van der Waals surface area contributed by atoms with Crippen LogP contribution in [0.5, 0.6) is 5.75 Å². The zero-order chi connectivity index (χ0) is 11.3. The highest BCUT2D eigenvalue weighted by molar-refractivity contribution is 5.94. The number of ether oxygens (including phenoxy) is 1. The minimum Gasteiger partial charge on any atom is -0.506 e. The summed E-state index contributed by atoms with van der Waals surface area (Å²) in [7, 11) is 3.25. The van der Waals surface area contributed by atoms with Gasteiger partial charge in [0.25, 0.3) is 5.91 Å². The summed E-state index contributed by atoms with van der Waals surface area (Å²) in [6.07, 6.45) is 2.71. The molecule has 0 aliphatic carbocycles. The van der Waals surface area contributed by atoms with E-state index in [0.717, 1.165) is 0 Å². The molecular weight excluding hydrogens is 196 g/mol. The first-order valence-corrected chi connectivity index (χ1v) is 4.53. The standard InChI is InChI=1S/C10H14N2O3/c1-12(3-4-15-2)10(14)8-5-9(13)7-11-6-8/h5-7,13H,3-4H2,1-2H3. The molecule has 0 fully saturated rings. The Morgan fingerprint density at radius 2 is 2.33 bits per heavy atom. The molecule has 5 nitrogen and oxygen atoms in total. The number of rotatable bonds is 4. The molecule has 1 aromatic rings. The second-order valence-electron chi connectivity index (χ2n) is 3.15. The quantitative estimate of drug-likeness (QED) is 0.786. The number of methoxy groups -OCH3 is 1. The van der Waals surface area contributed by atoms with Gasteiger partial charge in [0.15, 0.2) is 0 Å². The van der Waals surface area contributed by atoms with Crippen LogP contribution in [0.4, 0.5) is 0 Å². The van der Waals surface area contributed by atoms with Crippen molar-refractivity contribution in [2.24, 2.45) is 0 Å². The normalized spacial score (nSPS) is 10.0. The fourth-order valence-electron chi connectivity index (χ4n) is 1.09. The highest BCUT2D eigenvalue weighted by Gasteiger charge is 2.11. The second-order valence-corrected chi connectivity index (χ2v) is 3.15. The third-order valence-electron chi connectivity index (χ3n) is 1.95. The number of likely N-dealkylation sites (N-methyl/N-ethyl adjacent to an activating group) is 1. The molecular formula is C10H14N2O3. The van der Waals surface area contributed by atoms with Crippen molar-refractivity contribution in [2.75, 3.05) is 27.3 Å². The van der Waals surface area contributed by atoms with E-state index in [9.17, 15) is 4.79 Å². The second kappa shape index (κ2) is 5.31. The minimum absolute atomic E-state index is 0.0130. The van der Waals surface area contributed by atoms with E-state index in [1.165, 1.54) is 23.4 Å². The average molecular weight is 210 g/mol. The van der Waals surface area contributed by atoms with Crippen LogP contribution in [0.1, 0.15) is 10.4 Å². The van der Waals surface area contributed by atoms with Crippen LogP contribution in [0.25, 0.3) is 0 Å². The number of pyridine rings is 1. The summed E-state index contributed by atoms with van der Waals surface area (Å²) in [5.74, 6) is -0.198. The molecule has 0 aliphatic rings.